The predicted octanol–water partition coefficient (Wildman–Crippen LogP) is 4.00. The van der Waals surface area contributed by atoms with Gasteiger partial charge in [0.2, 0.25) is 0 Å². The molecule has 1 aromatic rings. The van der Waals surface area contributed by atoms with Crippen LogP contribution in [-0.4, -0.2) is 6.10 Å². The van der Waals surface area contributed by atoms with Gasteiger partial charge in [-0.1, -0.05) is 32.9 Å². The van der Waals surface area contributed by atoms with Gasteiger partial charge in [0.05, 0.1) is 12.7 Å². The van der Waals surface area contributed by atoms with Crippen LogP contribution in [0.25, 0.3) is 0 Å². The summed E-state index contributed by atoms with van der Waals surface area (Å²) >= 11 is 0. The van der Waals surface area contributed by atoms with Crippen LogP contribution in [0.5, 0.6) is 0 Å². The first-order valence-electron chi connectivity index (χ1n) is 7.39. The lowest BCUT2D eigenvalue weighted by Gasteiger charge is -2.38. The van der Waals surface area contributed by atoms with Crippen molar-refractivity contribution in [3.05, 3.63) is 29.8 Å². The third-order valence-corrected chi connectivity index (χ3v) is 6.12. The van der Waals surface area contributed by atoms with Crippen LogP contribution in [0.3, 0.4) is 0 Å². The van der Waals surface area contributed by atoms with E-state index in [0.717, 1.165) is 11.6 Å². The number of anilines is 1. The van der Waals surface area contributed by atoms with Crippen molar-refractivity contribution < 1.29 is 4.74 Å². The van der Waals surface area contributed by atoms with Crippen LogP contribution in [0.15, 0.2) is 24.3 Å². The predicted molar refractivity (Wildman–Crippen MR) is 78.7 cm³/mol. The number of rotatable bonds is 3. The summed E-state index contributed by atoms with van der Waals surface area (Å²) in [5, 5.41) is 0. The summed E-state index contributed by atoms with van der Waals surface area (Å²) < 4.78 is 6.26. The molecule has 3 atom stereocenters. The number of hydrogen-bond acceptors (Lipinski definition) is 2. The summed E-state index contributed by atoms with van der Waals surface area (Å²) in [5.41, 5.74) is 8.59. The van der Waals surface area contributed by atoms with Gasteiger partial charge in [-0.05, 0) is 53.7 Å². The highest BCUT2D eigenvalue weighted by Crippen LogP contribution is 2.66. The molecule has 2 aliphatic rings. The number of benzene rings is 1. The van der Waals surface area contributed by atoms with Gasteiger partial charge >= 0.3 is 0 Å². The monoisotopic (exact) mass is 259 g/mol. The first-order chi connectivity index (χ1) is 8.93. The van der Waals surface area contributed by atoms with Crippen LogP contribution in [0.2, 0.25) is 0 Å². The lowest BCUT2D eigenvalue weighted by atomic mass is 9.70. The summed E-state index contributed by atoms with van der Waals surface area (Å²) in [7, 11) is 0. The third-order valence-electron chi connectivity index (χ3n) is 6.12. The molecular formula is C17H25NO. The average molecular weight is 259 g/mol. The molecule has 2 nitrogen and oxygen atoms in total. The maximum absolute atomic E-state index is 6.26. The maximum Gasteiger partial charge on any atom is 0.0721 e. The Hall–Kier alpha value is -1.02. The summed E-state index contributed by atoms with van der Waals surface area (Å²) in [4.78, 5) is 0. The van der Waals surface area contributed by atoms with Crippen molar-refractivity contribution in [2.45, 2.75) is 52.7 Å². The SMILES string of the molecule is CC1(C)C2CCC1(C)C(OCc1cccc(N)c1)C2. The average Bonchev–Trinajstić information content (AvgIpc) is 2.69. The Labute approximate surface area is 116 Å². The van der Waals surface area contributed by atoms with Crippen LogP contribution < -0.4 is 5.73 Å². The summed E-state index contributed by atoms with van der Waals surface area (Å²) in [6, 6.07) is 8.03. The zero-order valence-electron chi connectivity index (χ0n) is 12.3. The number of fused-ring (bicyclic) bond motifs is 2. The quantitative estimate of drug-likeness (QED) is 0.833. The van der Waals surface area contributed by atoms with Crippen LogP contribution in [-0.2, 0) is 11.3 Å². The van der Waals surface area contributed by atoms with Gasteiger partial charge in [0.1, 0.15) is 0 Å². The van der Waals surface area contributed by atoms with Gasteiger partial charge in [-0.25, -0.2) is 0 Å². The molecule has 104 valence electrons. The normalized spacial score (nSPS) is 35.7. The van der Waals surface area contributed by atoms with E-state index < -0.39 is 0 Å². The number of nitrogen functional groups attached to an aromatic ring is 1. The standard InChI is InChI=1S/C17H25NO/c1-16(2)13-7-8-17(16,3)15(10-13)19-11-12-5-4-6-14(18)9-12/h4-6,9,13,15H,7-8,10-11,18H2,1-3H3. The van der Waals surface area contributed by atoms with E-state index in [9.17, 15) is 0 Å². The molecule has 19 heavy (non-hydrogen) atoms. The Bertz CT molecular complexity index is 482. The van der Waals surface area contributed by atoms with E-state index in [1.807, 2.05) is 18.2 Å². The maximum atomic E-state index is 6.26. The highest BCUT2D eigenvalue weighted by Gasteiger charge is 2.61. The van der Waals surface area contributed by atoms with E-state index in [0.29, 0.717) is 23.5 Å². The van der Waals surface area contributed by atoms with Crippen molar-refractivity contribution in [3.63, 3.8) is 0 Å². The van der Waals surface area contributed by atoms with E-state index >= 15 is 0 Å². The smallest absolute Gasteiger partial charge is 0.0721 e. The molecule has 0 aromatic heterocycles. The van der Waals surface area contributed by atoms with E-state index in [-0.39, 0.29) is 0 Å². The number of hydrogen-bond donors (Lipinski definition) is 1. The van der Waals surface area contributed by atoms with Crippen LogP contribution in [0.4, 0.5) is 5.69 Å². The fourth-order valence-corrected chi connectivity index (χ4v) is 4.26. The van der Waals surface area contributed by atoms with Crippen LogP contribution >= 0.6 is 0 Å². The van der Waals surface area contributed by atoms with Crippen molar-refractivity contribution >= 4 is 5.69 Å². The molecule has 2 heteroatoms. The fourth-order valence-electron chi connectivity index (χ4n) is 4.26. The molecule has 2 fully saturated rings. The van der Waals surface area contributed by atoms with Crippen molar-refractivity contribution in [1.29, 1.82) is 0 Å². The molecule has 0 amide bonds. The Morgan fingerprint density at radius 1 is 1.32 bits per heavy atom. The van der Waals surface area contributed by atoms with E-state index in [4.69, 9.17) is 10.5 Å². The van der Waals surface area contributed by atoms with Crippen molar-refractivity contribution in [2.75, 3.05) is 5.73 Å². The molecule has 2 aliphatic carbocycles. The van der Waals surface area contributed by atoms with E-state index in [1.54, 1.807) is 0 Å². The Morgan fingerprint density at radius 2 is 2.11 bits per heavy atom. The second-order valence-corrected chi connectivity index (χ2v) is 7.16. The zero-order valence-corrected chi connectivity index (χ0v) is 12.3. The topological polar surface area (TPSA) is 35.2 Å². The molecule has 0 radical (unpaired) electrons. The minimum absolute atomic E-state index is 0.345. The number of nitrogens with two attached hydrogens (primary N) is 1. The molecule has 0 aliphatic heterocycles. The van der Waals surface area contributed by atoms with Crippen molar-refractivity contribution in [3.8, 4) is 0 Å². The minimum Gasteiger partial charge on any atom is -0.399 e. The van der Waals surface area contributed by atoms with Gasteiger partial charge < -0.3 is 10.5 Å². The molecule has 2 saturated carbocycles. The van der Waals surface area contributed by atoms with Gasteiger partial charge in [0, 0.05) is 5.69 Å². The molecule has 2 bridgehead atoms. The van der Waals surface area contributed by atoms with Crippen LogP contribution in [0, 0.1) is 16.7 Å². The first kappa shape index (κ1) is 13.0. The van der Waals surface area contributed by atoms with Crippen molar-refractivity contribution in [2.24, 2.45) is 16.7 Å². The molecule has 0 saturated heterocycles. The Morgan fingerprint density at radius 3 is 2.68 bits per heavy atom. The minimum atomic E-state index is 0.345. The zero-order chi connectivity index (χ0) is 13.7. The second-order valence-electron chi connectivity index (χ2n) is 7.16. The fraction of sp³-hybridized carbons (Fsp3) is 0.647. The lowest BCUT2D eigenvalue weighted by molar-refractivity contribution is -0.0550. The molecule has 0 heterocycles. The largest absolute Gasteiger partial charge is 0.399 e. The third kappa shape index (κ3) is 1.88. The van der Waals surface area contributed by atoms with Gasteiger partial charge in [0.25, 0.3) is 0 Å². The van der Waals surface area contributed by atoms with Gasteiger partial charge in [-0.2, -0.15) is 0 Å². The summed E-state index contributed by atoms with van der Waals surface area (Å²) in [6.07, 6.45) is 4.32. The van der Waals surface area contributed by atoms with E-state index in [2.05, 4.69) is 26.8 Å². The highest BCUT2D eigenvalue weighted by molar-refractivity contribution is 5.40. The van der Waals surface area contributed by atoms with Gasteiger partial charge in [-0.15, -0.1) is 0 Å². The van der Waals surface area contributed by atoms with Gasteiger partial charge in [-0.3, -0.25) is 0 Å². The summed E-state index contributed by atoms with van der Waals surface area (Å²) in [6.45, 7) is 7.96. The van der Waals surface area contributed by atoms with Gasteiger partial charge in [0.15, 0.2) is 0 Å². The number of ether oxygens (including phenoxy) is 1. The molecule has 3 rings (SSSR count). The second kappa shape index (κ2) is 4.24. The Balaban J connectivity index is 1.69. The first-order valence-corrected chi connectivity index (χ1v) is 7.39. The van der Waals surface area contributed by atoms with E-state index in [1.165, 1.54) is 24.8 Å². The Kier molecular flexibility index (Phi) is 2.90. The molecule has 1 aromatic carbocycles. The molecule has 2 N–H and O–H groups in total. The molecule has 3 unspecified atom stereocenters. The summed E-state index contributed by atoms with van der Waals surface area (Å²) in [5.74, 6) is 0.836. The molecular weight excluding hydrogens is 234 g/mol. The highest BCUT2D eigenvalue weighted by atomic mass is 16.5. The lowest BCUT2D eigenvalue weighted by Crippen LogP contribution is -2.37. The van der Waals surface area contributed by atoms with Crippen LogP contribution in [0.1, 0.15) is 45.6 Å². The van der Waals surface area contributed by atoms with Crippen molar-refractivity contribution in [1.82, 2.24) is 0 Å². The molecule has 0 spiro atoms.